The molecule has 27 heavy (non-hydrogen) atoms. The number of likely N-dealkylation sites (tertiary alicyclic amines) is 1. The van der Waals surface area contributed by atoms with E-state index >= 15 is 0 Å². The van der Waals surface area contributed by atoms with E-state index in [1.54, 1.807) is 0 Å². The third kappa shape index (κ3) is 4.21. The molecule has 6 nitrogen and oxygen atoms in total. The van der Waals surface area contributed by atoms with Gasteiger partial charge in [0.25, 0.3) is 0 Å². The molecule has 4 N–H and O–H groups in total. The highest BCUT2D eigenvalue weighted by atomic mass is 16.5. The second-order valence-corrected chi connectivity index (χ2v) is 9.97. The summed E-state index contributed by atoms with van der Waals surface area (Å²) in [5.74, 6) is 2.88. The zero-order valence-electron chi connectivity index (χ0n) is 16.4. The molecule has 1 aliphatic heterocycles. The van der Waals surface area contributed by atoms with E-state index in [9.17, 15) is 20.4 Å². The lowest BCUT2D eigenvalue weighted by atomic mass is 9.50. The van der Waals surface area contributed by atoms with E-state index in [4.69, 9.17) is 4.74 Å². The van der Waals surface area contributed by atoms with Crippen LogP contribution in [-0.2, 0) is 4.74 Å². The molecule has 4 atom stereocenters. The number of β-amino-alcohol motifs (C(OH)–C–C–N with tert-alkyl or cyclic N) is 1. The van der Waals surface area contributed by atoms with Crippen LogP contribution in [0.4, 0.5) is 0 Å². The van der Waals surface area contributed by atoms with Crippen molar-refractivity contribution < 1.29 is 25.2 Å². The molecule has 6 heteroatoms. The largest absolute Gasteiger partial charge is 0.395 e. The first-order valence-electron chi connectivity index (χ1n) is 11.0. The lowest BCUT2D eigenvalue weighted by molar-refractivity contribution is -0.145. The van der Waals surface area contributed by atoms with Gasteiger partial charge in [0.05, 0.1) is 25.4 Å². The molecule has 0 aromatic heterocycles. The average molecular weight is 384 g/mol. The summed E-state index contributed by atoms with van der Waals surface area (Å²) in [4.78, 5) is 1.89. The maximum atomic E-state index is 10.0. The highest BCUT2D eigenvalue weighted by Gasteiger charge is 2.50. The van der Waals surface area contributed by atoms with E-state index in [1.807, 2.05) is 4.90 Å². The Kier molecular flexibility index (Phi) is 6.12. The minimum atomic E-state index is -1.18. The highest BCUT2D eigenvalue weighted by molar-refractivity contribution is 5.01. The summed E-state index contributed by atoms with van der Waals surface area (Å²) in [6, 6.07) is -0.503. The molecule has 5 fully saturated rings. The van der Waals surface area contributed by atoms with E-state index in [1.165, 1.54) is 38.5 Å². The molecular weight excluding hydrogens is 346 g/mol. The fourth-order valence-electron chi connectivity index (χ4n) is 6.91. The molecule has 1 heterocycles. The number of rotatable bonds is 8. The van der Waals surface area contributed by atoms with Crippen molar-refractivity contribution in [3.63, 3.8) is 0 Å². The van der Waals surface area contributed by atoms with Gasteiger partial charge in [-0.05, 0) is 81.1 Å². The smallest absolute Gasteiger partial charge is 0.109 e. The summed E-state index contributed by atoms with van der Waals surface area (Å²) in [6.45, 7) is 2.44. The summed E-state index contributed by atoms with van der Waals surface area (Å²) >= 11 is 0. The normalized spacial score (nSPS) is 46.9. The van der Waals surface area contributed by atoms with E-state index in [2.05, 4.69) is 0 Å². The minimum Gasteiger partial charge on any atom is -0.395 e. The number of ether oxygens (including phenoxy) is 1. The summed E-state index contributed by atoms with van der Waals surface area (Å²) in [7, 11) is 0. The van der Waals surface area contributed by atoms with Crippen molar-refractivity contribution in [2.45, 2.75) is 75.7 Å². The Morgan fingerprint density at radius 2 is 1.52 bits per heavy atom. The Morgan fingerprint density at radius 3 is 2.11 bits per heavy atom. The Hall–Kier alpha value is -0.240. The van der Waals surface area contributed by atoms with Crippen LogP contribution in [0.2, 0.25) is 0 Å². The quantitative estimate of drug-likeness (QED) is 0.463. The van der Waals surface area contributed by atoms with Gasteiger partial charge < -0.3 is 25.2 Å². The molecule has 0 radical (unpaired) electrons. The van der Waals surface area contributed by atoms with Crippen LogP contribution in [0.5, 0.6) is 0 Å². The van der Waals surface area contributed by atoms with Crippen LogP contribution >= 0.6 is 0 Å². The summed E-state index contributed by atoms with van der Waals surface area (Å²) < 4.78 is 6.11. The van der Waals surface area contributed by atoms with Gasteiger partial charge in [-0.2, -0.15) is 0 Å². The molecule has 0 unspecified atom stereocenters. The number of nitrogens with zero attached hydrogens (tertiary/aromatic N) is 1. The first-order chi connectivity index (χ1) is 13.0. The van der Waals surface area contributed by atoms with Gasteiger partial charge in [0.1, 0.15) is 12.2 Å². The molecule has 4 aliphatic carbocycles. The number of hydrogen-bond acceptors (Lipinski definition) is 6. The van der Waals surface area contributed by atoms with Crippen LogP contribution in [0.15, 0.2) is 0 Å². The Labute approximate surface area is 162 Å². The maximum Gasteiger partial charge on any atom is 0.109 e. The monoisotopic (exact) mass is 383 g/mol. The molecule has 5 rings (SSSR count). The van der Waals surface area contributed by atoms with Crippen LogP contribution in [0.3, 0.4) is 0 Å². The van der Waals surface area contributed by atoms with E-state index in [0.717, 1.165) is 43.8 Å². The predicted octanol–water partition coefficient (Wildman–Crippen LogP) is 0.759. The van der Waals surface area contributed by atoms with Crippen molar-refractivity contribution in [2.24, 2.45) is 23.2 Å². The number of unbranched alkanes of at least 4 members (excludes halogenated alkanes) is 1. The zero-order valence-corrected chi connectivity index (χ0v) is 16.4. The van der Waals surface area contributed by atoms with Crippen molar-refractivity contribution >= 4 is 0 Å². The van der Waals surface area contributed by atoms with Gasteiger partial charge in [-0.1, -0.05) is 0 Å². The van der Waals surface area contributed by atoms with Gasteiger partial charge in [-0.25, -0.2) is 0 Å². The SMILES string of the molecule is OC[C@@H]1[C@@H](O)[C@H](O)[C@@H](O)CN1CCCCOCC12CC3CC(CC(C3)C1)C2. The minimum absolute atomic E-state index is 0.215. The topological polar surface area (TPSA) is 93.4 Å². The van der Waals surface area contributed by atoms with Gasteiger partial charge in [0.15, 0.2) is 0 Å². The second kappa shape index (κ2) is 8.25. The van der Waals surface area contributed by atoms with Gasteiger partial charge in [0.2, 0.25) is 0 Å². The standard InChI is InChI=1S/C21H37NO5/c23-12-17-19(25)20(26)18(24)11-22(17)3-1-2-4-27-13-21-8-14-5-15(9-21)7-16(6-14)10-21/h14-20,23-26H,1-13H2/t14?,15?,16?,17-,18+,19-,20-,21?/m1/s1. The van der Waals surface area contributed by atoms with Crippen molar-refractivity contribution in [3.8, 4) is 0 Å². The summed E-state index contributed by atoms with van der Waals surface area (Å²) in [5.41, 5.74) is 0.466. The molecule has 0 amide bonds. The lowest BCUT2D eigenvalue weighted by Gasteiger charge is -2.56. The summed E-state index contributed by atoms with van der Waals surface area (Å²) in [6.07, 6.45) is 7.12. The fraction of sp³-hybridized carbons (Fsp3) is 1.00. The third-order valence-electron chi connectivity index (χ3n) is 7.77. The molecule has 4 bridgehead atoms. The van der Waals surface area contributed by atoms with Crippen molar-refractivity contribution in [1.82, 2.24) is 4.90 Å². The van der Waals surface area contributed by atoms with Crippen molar-refractivity contribution in [2.75, 3.05) is 32.9 Å². The molecule has 0 aromatic rings. The predicted molar refractivity (Wildman–Crippen MR) is 101 cm³/mol. The Bertz CT molecular complexity index is 466. The van der Waals surface area contributed by atoms with Gasteiger partial charge in [-0.3, -0.25) is 4.90 Å². The Balaban J connectivity index is 1.16. The van der Waals surface area contributed by atoms with E-state index in [-0.39, 0.29) is 13.2 Å². The summed E-state index contributed by atoms with van der Waals surface area (Å²) in [5, 5.41) is 39.2. The van der Waals surface area contributed by atoms with Crippen LogP contribution < -0.4 is 0 Å². The van der Waals surface area contributed by atoms with Crippen LogP contribution in [0, 0.1) is 23.2 Å². The van der Waals surface area contributed by atoms with Gasteiger partial charge in [-0.15, -0.1) is 0 Å². The molecule has 0 spiro atoms. The maximum absolute atomic E-state index is 10.0. The lowest BCUT2D eigenvalue weighted by Crippen LogP contribution is -2.62. The van der Waals surface area contributed by atoms with E-state index < -0.39 is 24.4 Å². The number of aliphatic hydroxyl groups excluding tert-OH is 4. The van der Waals surface area contributed by atoms with Crippen LogP contribution in [-0.4, -0.2) is 82.6 Å². The number of piperidine rings is 1. The number of hydrogen-bond donors (Lipinski definition) is 4. The van der Waals surface area contributed by atoms with Crippen LogP contribution in [0.25, 0.3) is 0 Å². The second-order valence-electron chi connectivity index (χ2n) is 9.97. The van der Waals surface area contributed by atoms with E-state index in [0.29, 0.717) is 12.0 Å². The fourth-order valence-corrected chi connectivity index (χ4v) is 6.91. The molecule has 4 saturated carbocycles. The Morgan fingerprint density at radius 1 is 0.889 bits per heavy atom. The van der Waals surface area contributed by atoms with Crippen molar-refractivity contribution in [3.05, 3.63) is 0 Å². The van der Waals surface area contributed by atoms with Crippen LogP contribution in [0.1, 0.15) is 51.4 Å². The highest BCUT2D eigenvalue weighted by Crippen LogP contribution is 2.60. The molecule has 1 saturated heterocycles. The van der Waals surface area contributed by atoms with Gasteiger partial charge in [0, 0.05) is 13.2 Å². The molecular formula is C21H37NO5. The zero-order chi connectivity index (χ0) is 19.0. The first-order valence-corrected chi connectivity index (χ1v) is 11.0. The molecule has 156 valence electrons. The van der Waals surface area contributed by atoms with Crippen molar-refractivity contribution in [1.29, 1.82) is 0 Å². The number of aliphatic hydroxyl groups is 4. The third-order valence-corrected chi connectivity index (χ3v) is 7.77. The molecule has 5 aliphatic rings. The average Bonchev–Trinajstić information content (AvgIpc) is 2.61. The van der Waals surface area contributed by atoms with Gasteiger partial charge >= 0.3 is 0 Å². The first kappa shape index (κ1) is 20.0. The molecule has 0 aromatic carbocycles.